The van der Waals surface area contributed by atoms with Crippen molar-refractivity contribution in [1.82, 2.24) is 5.32 Å². The first-order valence-electron chi connectivity index (χ1n) is 8.33. The van der Waals surface area contributed by atoms with Crippen LogP contribution in [-0.2, 0) is 0 Å². The molecule has 2 fully saturated rings. The molecule has 1 aliphatic carbocycles. The van der Waals surface area contributed by atoms with Crippen LogP contribution in [0.15, 0.2) is 18.2 Å². The van der Waals surface area contributed by atoms with Crippen molar-refractivity contribution in [3.8, 4) is 0 Å². The molecule has 0 bridgehead atoms. The van der Waals surface area contributed by atoms with Crippen LogP contribution in [0.3, 0.4) is 0 Å². The molecule has 1 N–H and O–H groups in total. The quantitative estimate of drug-likeness (QED) is 0.923. The fourth-order valence-corrected chi connectivity index (χ4v) is 3.81. The molecule has 1 saturated carbocycles. The predicted octanol–water partition coefficient (Wildman–Crippen LogP) is 2.61. The Bertz CT molecular complexity index is 509. The van der Waals surface area contributed by atoms with Crippen molar-refractivity contribution in [2.24, 2.45) is 5.92 Å². The van der Waals surface area contributed by atoms with Crippen molar-refractivity contribution in [2.75, 3.05) is 42.5 Å². The van der Waals surface area contributed by atoms with E-state index in [9.17, 15) is 4.39 Å². The van der Waals surface area contributed by atoms with Crippen molar-refractivity contribution in [3.63, 3.8) is 0 Å². The first-order chi connectivity index (χ1) is 10.3. The molecule has 2 aliphatic heterocycles. The Morgan fingerprint density at radius 1 is 1.14 bits per heavy atom. The molecule has 0 radical (unpaired) electrons. The molecule has 4 heteroatoms. The van der Waals surface area contributed by atoms with Crippen LogP contribution in [0.25, 0.3) is 0 Å². The summed E-state index contributed by atoms with van der Waals surface area (Å²) in [4.78, 5) is 4.90. The number of hydrogen-bond acceptors (Lipinski definition) is 3. The summed E-state index contributed by atoms with van der Waals surface area (Å²) in [6.07, 6.45) is 5.13. The molecule has 3 nitrogen and oxygen atoms in total. The van der Waals surface area contributed by atoms with Gasteiger partial charge in [0.05, 0.1) is 11.4 Å². The third-order valence-corrected chi connectivity index (χ3v) is 5.06. The Labute approximate surface area is 126 Å². The maximum absolute atomic E-state index is 13.7. The number of halogens is 1. The van der Waals surface area contributed by atoms with E-state index in [2.05, 4.69) is 15.1 Å². The van der Waals surface area contributed by atoms with Gasteiger partial charge in [0, 0.05) is 25.7 Å². The Morgan fingerprint density at radius 2 is 2.05 bits per heavy atom. The summed E-state index contributed by atoms with van der Waals surface area (Å²) in [6.45, 7) is 5.50. The van der Waals surface area contributed by atoms with Crippen LogP contribution in [0.5, 0.6) is 0 Å². The van der Waals surface area contributed by atoms with Gasteiger partial charge in [-0.15, -0.1) is 0 Å². The topological polar surface area (TPSA) is 18.5 Å². The number of nitrogens with zero attached hydrogens (tertiary/aromatic N) is 2. The second-order valence-electron chi connectivity index (χ2n) is 6.72. The second-order valence-corrected chi connectivity index (χ2v) is 6.72. The van der Waals surface area contributed by atoms with Gasteiger partial charge in [0.15, 0.2) is 0 Å². The van der Waals surface area contributed by atoms with Gasteiger partial charge < -0.3 is 15.1 Å². The Hall–Kier alpha value is -1.29. The molecule has 2 heterocycles. The minimum Gasteiger partial charge on any atom is -0.368 e. The monoisotopic (exact) mass is 289 g/mol. The molecule has 3 aliphatic rings. The Morgan fingerprint density at radius 3 is 2.81 bits per heavy atom. The van der Waals surface area contributed by atoms with E-state index in [0.29, 0.717) is 6.04 Å². The highest BCUT2D eigenvalue weighted by Crippen LogP contribution is 2.40. The van der Waals surface area contributed by atoms with E-state index in [0.717, 1.165) is 44.3 Å². The third kappa shape index (κ3) is 2.73. The lowest BCUT2D eigenvalue weighted by Gasteiger charge is -2.41. The summed E-state index contributed by atoms with van der Waals surface area (Å²) >= 11 is 0. The largest absolute Gasteiger partial charge is 0.368 e. The summed E-state index contributed by atoms with van der Waals surface area (Å²) in [5.74, 6) is 0.615. The van der Waals surface area contributed by atoms with Crippen molar-refractivity contribution in [2.45, 2.75) is 31.7 Å². The van der Waals surface area contributed by atoms with E-state index in [1.807, 2.05) is 6.07 Å². The first kappa shape index (κ1) is 13.4. The molecular weight excluding hydrogens is 265 g/mol. The molecular formula is C17H24FN3. The highest BCUT2D eigenvalue weighted by molar-refractivity contribution is 5.74. The molecule has 21 heavy (non-hydrogen) atoms. The summed E-state index contributed by atoms with van der Waals surface area (Å²) in [7, 11) is 0. The number of nitrogens with one attached hydrogen (secondary N) is 1. The third-order valence-electron chi connectivity index (χ3n) is 5.06. The second kappa shape index (κ2) is 5.48. The average molecular weight is 289 g/mol. The van der Waals surface area contributed by atoms with Gasteiger partial charge in [-0.2, -0.15) is 0 Å². The maximum Gasteiger partial charge on any atom is 0.125 e. The molecule has 1 aromatic rings. The lowest BCUT2D eigenvalue weighted by atomic mass is 9.98. The Balaban J connectivity index is 1.57. The average Bonchev–Trinajstić information content (AvgIpc) is 3.33. The minimum absolute atomic E-state index is 0.111. The number of fused-ring (bicyclic) bond motifs is 1. The molecule has 4 rings (SSSR count). The lowest BCUT2D eigenvalue weighted by Crippen LogP contribution is -2.46. The van der Waals surface area contributed by atoms with Gasteiger partial charge in [0.2, 0.25) is 0 Å². The van der Waals surface area contributed by atoms with E-state index < -0.39 is 0 Å². The molecule has 0 aromatic heterocycles. The van der Waals surface area contributed by atoms with Gasteiger partial charge in [0.25, 0.3) is 0 Å². The van der Waals surface area contributed by atoms with Gasteiger partial charge in [-0.25, -0.2) is 4.39 Å². The van der Waals surface area contributed by atoms with Crippen LogP contribution in [0.1, 0.15) is 25.7 Å². The van der Waals surface area contributed by atoms with E-state index in [-0.39, 0.29) is 5.82 Å². The first-order valence-corrected chi connectivity index (χ1v) is 8.33. The smallest absolute Gasteiger partial charge is 0.125 e. The van der Waals surface area contributed by atoms with Crippen LogP contribution in [0, 0.1) is 11.7 Å². The summed E-state index contributed by atoms with van der Waals surface area (Å²) in [5, 5.41) is 3.50. The molecule has 0 spiro atoms. The molecule has 114 valence electrons. The van der Waals surface area contributed by atoms with E-state index in [1.165, 1.54) is 31.4 Å². The van der Waals surface area contributed by atoms with Gasteiger partial charge in [-0.3, -0.25) is 0 Å². The normalized spacial score (nSPS) is 25.9. The highest BCUT2D eigenvalue weighted by atomic mass is 19.1. The zero-order chi connectivity index (χ0) is 14.2. The van der Waals surface area contributed by atoms with Crippen molar-refractivity contribution >= 4 is 11.4 Å². The number of anilines is 2. The molecule has 1 unspecified atom stereocenters. The van der Waals surface area contributed by atoms with E-state index >= 15 is 0 Å². The summed E-state index contributed by atoms with van der Waals surface area (Å²) < 4.78 is 13.7. The number of rotatable bonds is 3. The van der Waals surface area contributed by atoms with Gasteiger partial charge in [0.1, 0.15) is 5.82 Å². The molecule has 1 saturated heterocycles. The zero-order valence-electron chi connectivity index (χ0n) is 12.5. The van der Waals surface area contributed by atoms with E-state index in [4.69, 9.17) is 0 Å². The van der Waals surface area contributed by atoms with Crippen molar-refractivity contribution in [1.29, 1.82) is 0 Å². The lowest BCUT2D eigenvalue weighted by molar-refractivity contribution is 0.376. The minimum atomic E-state index is -0.111. The fourth-order valence-electron chi connectivity index (χ4n) is 3.81. The number of hydrogen-bond donors (Lipinski definition) is 1. The van der Waals surface area contributed by atoms with E-state index in [1.54, 1.807) is 12.1 Å². The van der Waals surface area contributed by atoms with Gasteiger partial charge in [-0.1, -0.05) is 0 Å². The SMILES string of the molecule is Fc1ccc2c(c1)N(C1CC1)CCN2CC1CCCNC1. The van der Waals surface area contributed by atoms with Crippen molar-refractivity contribution in [3.05, 3.63) is 24.0 Å². The number of benzene rings is 1. The zero-order valence-corrected chi connectivity index (χ0v) is 12.5. The predicted molar refractivity (Wildman–Crippen MR) is 84.6 cm³/mol. The van der Waals surface area contributed by atoms with Crippen LogP contribution >= 0.6 is 0 Å². The van der Waals surface area contributed by atoms with Gasteiger partial charge >= 0.3 is 0 Å². The summed E-state index contributed by atoms with van der Waals surface area (Å²) in [5.41, 5.74) is 2.35. The Kier molecular flexibility index (Phi) is 3.49. The summed E-state index contributed by atoms with van der Waals surface area (Å²) in [6, 6.07) is 5.99. The van der Waals surface area contributed by atoms with Gasteiger partial charge in [-0.05, 0) is 62.9 Å². The van der Waals surface area contributed by atoms with Crippen LogP contribution < -0.4 is 15.1 Å². The van der Waals surface area contributed by atoms with Crippen molar-refractivity contribution < 1.29 is 4.39 Å². The fraction of sp³-hybridized carbons (Fsp3) is 0.647. The maximum atomic E-state index is 13.7. The van der Waals surface area contributed by atoms with Crippen LogP contribution in [0.2, 0.25) is 0 Å². The molecule has 1 atom stereocenters. The molecule has 1 aromatic carbocycles. The highest BCUT2D eigenvalue weighted by Gasteiger charge is 2.34. The number of piperidine rings is 1. The standard InChI is InChI=1S/C17H24FN3/c18-14-3-6-16-17(10-14)21(15-4-5-15)9-8-20(16)12-13-2-1-7-19-11-13/h3,6,10,13,15,19H,1-2,4-5,7-9,11-12H2. The van der Waals surface area contributed by atoms with Crippen LogP contribution in [-0.4, -0.2) is 38.8 Å². The van der Waals surface area contributed by atoms with Crippen LogP contribution in [0.4, 0.5) is 15.8 Å². The molecule has 0 amide bonds.